The molecule has 0 saturated carbocycles. The molecule has 4 nitrogen and oxygen atoms in total. The summed E-state index contributed by atoms with van der Waals surface area (Å²) in [5.74, 6) is 0. The molecule has 0 radical (unpaired) electrons. The predicted octanol–water partition coefficient (Wildman–Crippen LogP) is 2.68. The van der Waals surface area contributed by atoms with Gasteiger partial charge < -0.3 is 5.32 Å². The van der Waals surface area contributed by atoms with Crippen LogP contribution in [0.1, 0.15) is 40.7 Å². The second-order valence-electron chi connectivity index (χ2n) is 6.10. The molecule has 0 aromatic heterocycles. The average molecular weight is 347 g/mol. The van der Waals surface area contributed by atoms with Crippen molar-refractivity contribution in [1.82, 2.24) is 10.0 Å². The van der Waals surface area contributed by atoms with Gasteiger partial charge in [-0.3, -0.25) is 0 Å². The Morgan fingerprint density at radius 3 is 1.95 bits per heavy atom. The van der Waals surface area contributed by atoms with Crippen LogP contribution in [0.25, 0.3) is 0 Å². The van der Waals surface area contributed by atoms with E-state index in [2.05, 4.69) is 17.0 Å². The minimum Gasteiger partial charge on any atom is -0.313 e. The van der Waals surface area contributed by atoms with Crippen molar-refractivity contribution in [1.29, 1.82) is 0 Å². The molecule has 2 rings (SSSR count). The van der Waals surface area contributed by atoms with Crippen molar-refractivity contribution in [2.45, 2.75) is 58.4 Å². The Morgan fingerprint density at radius 1 is 1.00 bits per heavy atom. The van der Waals surface area contributed by atoms with Crippen molar-refractivity contribution in [2.24, 2.45) is 0 Å². The molecule has 1 heterocycles. The predicted molar refractivity (Wildman–Crippen MR) is 93.6 cm³/mol. The first kappa shape index (κ1) is 19.4. The fraction of sp³-hybridized carbons (Fsp3) is 0.625. The number of hydrogen-bond acceptors (Lipinski definition) is 3. The summed E-state index contributed by atoms with van der Waals surface area (Å²) < 4.78 is 28.2. The third kappa shape index (κ3) is 3.65. The van der Waals surface area contributed by atoms with Crippen molar-refractivity contribution in [3.8, 4) is 0 Å². The summed E-state index contributed by atoms with van der Waals surface area (Å²) in [6.45, 7) is 11.3. The number of nitrogens with one attached hydrogen (secondary N) is 2. The number of sulfonamides is 1. The molecule has 2 N–H and O–H groups in total. The van der Waals surface area contributed by atoms with Gasteiger partial charge in [-0.2, -0.15) is 0 Å². The zero-order chi connectivity index (χ0) is 15.8. The normalized spacial score (nSPS) is 18.3. The molecule has 0 spiro atoms. The van der Waals surface area contributed by atoms with Gasteiger partial charge in [-0.15, -0.1) is 12.4 Å². The van der Waals surface area contributed by atoms with E-state index < -0.39 is 10.0 Å². The van der Waals surface area contributed by atoms with Gasteiger partial charge in [0.2, 0.25) is 10.0 Å². The maximum absolute atomic E-state index is 12.7. The van der Waals surface area contributed by atoms with Crippen LogP contribution >= 0.6 is 12.4 Å². The number of rotatable bonds is 4. The Morgan fingerprint density at radius 2 is 1.50 bits per heavy atom. The third-order valence-electron chi connectivity index (χ3n) is 4.88. The second kappa shape index (κ2) is 7.30. The number of hydrogen-bond donors (Lipinski definition) is 2. The Bertz CT molecular complexity index is 622. The van der Waals surface area contributed by atoms with Crippen LogP contribution in [-0.2, 0) is 10.0 Å². The van der Waals surface area contributed by atoms with Gasteiger partial charge in [0.05, 0.1) is 4.90 Å². The Balaban J connectivity index is 0.00000242. The van der Waals surface area contributed by atoms with Crippen molar-refractivity contribution in [3.05, 3.63) is 27.8 Å². The first-order valence-electron chi connectivity index (χ1n) is 7.55. The molecule has 1 fully saturated rings. The van der Waals surface area contributed by atoms with E-state index in [-0.39, 0.29) is 18.4 Å². The summed E-state index contributed by atoms with van der Waals surface area (Å²) in [6.07, 6.45) is 2.15. The fourth-order valence-corrected chi connectivity index (χ4v) is 4.76. The van der Waals surface area contributed by atoms with Crippen LogP contribution in [0, 0.1) is 34.6 Å². The first-order chi connectivity index (χ1) is 9.75. The van der Waals surface area contributed by atoms with E-state index in [0.717, 1.165) is 41.6 Å². The van der Waals surface area contributed by atoms with Crippen LogP contribution in [0.5, 0.6) is 0 Å². The van der Waals surface area contributed by atoms with Crippen LogP contribution in [0.2, 0.25) is 0 Å². The molecular weight excluding hydrogens is 320 g/mol. The van der Waals surface area contributed by atoms with Crippen LogP contribution in [0.4, 0.5) is 0 Å². The lowest BCUT2D eigenvalue weighted by molar-refractivity contribution is 0.550. The van der Waals surface area contributed by atoms with Crippen molar-refractivity contribution in [2.75, 3.05) is 13.1 Å². The van der Waals surface area contributed by atoms with Crippen molar-refractivity contribution in [3.63, 3.8) is 0 Å². The van der Waals surface area contributed by atoms with Crippen LogP contribution < -0.4 is 10.0 Å². The zero-order valence-electron chi connectivity index (χ0n) is 14.0. The SMILES string of the molecule is Cc1c(C)c(C)c(S(=O)(=O)NCC2CCCN2)c(C)c1C.Cl. The van der Waals surface area contributed by atoms with E-state index in [0.29, 0.717) is 11.4 Å². The maximum Gasteiger partial charge on any atom is 0.241 e. The van der Waals surface area contributed by atoms with Gasteiger partial charge >= 0.3 is 0 Å². The highest BCUT2D eigenvalue weighted by Crippen LogP contribution is 2.29. The quantitative estimate of drug-likeness (QED) is 0.881. The zero-order valence-corrected chi connectivity index (χ0v) is 15.7. The minimum atomic E-state index is -3.46. The second-order valence-corrected chi connectivity index (χ2v) is 7.80. The van der Waals surface area contributed by atoms with Gasteiger partial charge in [0.15, 0.2) is 0 Å². The molecule has 1 aliphatic rings. The highest BCUT2D eigenvalue weighted by molar-refractivity contribution is 7.89. The summed E-state index contributed by atoms with van der Waals surface area (Å²) in [5, 5.41) is 3.31. The maximum atomic E-state index is 12.7. The summed E-state index contributed by atoms with van der Waals surface area (Å²) in [6, 6.07) is 0.257. The highest BCUT2D eigenvalue weighted by Gasteiger charge is 2.25. The Hall–Kier alpha value is -0.620. The first-order valence-corrected chi connectivity index (χ1v) is 9.04. The number of benzene rings is 1. The number of halogens is 1. The van der Waals surface area contributed by atoms with Gasteiger partial charge in [-0.25, -0.2) is 13.1 Å². The summed E-state index contributed by atoms with van der Waals surface area (Å²) in [5.41, 5.74) is 5.04. The molecule has 1 aliphatic heterocycles. The van der Waals surface area contributed by atoms with E-state index in [1.165, 1.54) is 5.56 Å². The molecule has 0 aliphatic carbocycles. The topological polar surface area (TPSA) is 58.2 Å². The summed E-state index contributed by atoms with van der Waals surface area (Å²) in [7, 11) is -3.46. The van der Waals surface area contributed by atoms with E-state index in [9.17, 15) is 8.42 Å². The van der Waals surface area contributed by atoms with Crippen LogP contribution in [0.3, 0.4) is 0 Å². The van der Waals surface area contributed by atoms with Gasteiger partial charge in [0.1, 0.15) is 0 Å². The van der Waals surface area contributed by atoms with Crippen LogP contribution in [-0.4, -0.2) is 27.5 Å². The monoisotopic (exact) mass is 346 g/mol. The highest BCUT2D eigenvalue weighted by atomic mass is 35.5. The summed E-state index contributed by atoms with van der Waals surface area (Å²) in [4.78, 5) is 0.459. The lowest BCUT2D eigenvalue weighted by atomic mass is 9.95. The fourth-order valence-electron chi connectivity index (χ4n) is 3.08. The summed E-state index contributed by atoms with van der Waals surface area (Å²) >= 11 is 0. The average Bonchev–Trinajstić information content (AvgIpc) is 2.94. The molecule has 6 heteroatoms. The molecular formula is C16H27ClN2O2S. The molecule has 1 atom stereocenters. The van der Waals surface area contributed by atoms with Crippen LogP contribution in [0.15, 0.2) is 4.90 Å². The molecule has 1 aromatic carbocycles. The Labute approximate surface area is 140 Å². The van der Waals surface area contributed by atoms with E-state index in [1.54, 1.807) is 0 Å². The minimum absolute atomic E-state index is 0. The lowest BCUT2D eigenvalue weighted by Gasteiger charge is -2.20. The van der Waals surface area contributed by atoms with E-state index >= 15 is 0 Å². The molecule has 0 bridgehead atoms. The van der Waals surface area contributed by atoms with Gasteiger partial charge in [-0.1, -0.05) is 0 Å². The van der Waals surface area contributed by atoms with Crippen molar-refractivity contribution >= 4 is 22.4 Å². The van der Waals surface area contributed by atoms with E-state index in [4.69, 9.17) is 0 Å². The van der Waals surface area contributed by atoms with Crippen molar-refractivity contribution < 1.29 is 8.42 Å². The molecule has 1 saturated heterocycles. The lowest BCUT2D eigenvalue weighted by Crippen LogP contribution is -2.37. The largest absolute Gasteiger partial charge is 0.313 e. The van der Waals surface area contributed by atoms with E-state index in [1.807, 2.05) is 27.7 Å². The van der Waals surface area contributed by atoms with Gasteiger partial charge in [0.25, 0.3) is 0 Å². The smallest absolute Gasteiger partial charge is 0.241 e. The molecule has 126 valence electrons. The Kier molecular flexibility index (Phi) is 6.45. The van der Waals surface area contributed by atoms with Gasteiger partial charge in [-0.05, 0) is 81.8 Å². The molecule has 1 aromatic rings. The standard InChI is InChI=1S/C16H26N2O2S.ClH/c1-10-11(2)13(4)16(14(5)12(10)3)21(19,20)18-9-15-7-6-8-17-15;/h15,17-18H,6-9H2,1-5H3;1H. The molecule has 0 amide bonds. The third-order valence-corrected chi connectivity index (χ3v) is 6.58. The van der Waals surface area contributed by atoms with Gasteiger partial charge in [0, 0.05) is 12.6 Å². The molecule has 22 heavy (non-hydrogen) atoms. The molecule has 1 unspecified atom stereocenters.